The van der Waals surface area contributed by atoms with Crippen molar-refractivity contribution in [2.75, 3.05) is 21.3 Å². The molecule has 1 aromatic rings. The van der Waals surface area contributed by atoms with Crippen molar-refractivity contribution in [3.63, 3.8) is 0 Å². The predicted molar refractivity (Wildman–Crippen MR) is 70.4 cm³/mol. The molecule has 0 radical (unpaired) electrons. The highest BCUT2D eigenvalue weighted by Crippen LogP contribution is 2.45. The summed E-state index contributed by atoms with van der Waals surface area (Å²) < 4.78 is 16.1. The van der Waals surface area contributed by atoms with E-state index in [2.05, 4.69) is 0 Å². The Balaban J connectivity index is 2.40. The summed E-state index contributed by atoms with van der Waals surface area (Å²) >= 11 is 0. The molecule has 4 heteroatoms. The van der Waals surface area contributed by atoms with Crippen molar-refractivity contribution in [3.05, 3.63) is 17.7 Å². The smallest absolute Gasteiger partial charge is 0.203 e. The summed E-state index contributed by atoms with van der Waals surface area (Å²) in [5.74, 6) is 2.53. The van der Waals surface area contributed by atoms with Gasteiger partial charge in [0.25, 0.3) is 0 Å². The van der Waals surface area contributed by atoms with E-state index in [0.717, 1.165) is 5.56 Å². The molecule has 0 spiro atoms. The summed E-state index contributed by atoms with van der Waals surface area (Å²) in [6.07, 6.45) is 3.66. The first kappa shape index (κ1) is 13.0. The maximum Gasteiger partial charge on any atom is 0.203 e. The van der Waals surface area contributed by atoms with Crippen LogP contribution in [0.5, 0.6) is 17.2 Å². The lowest BCUT2D eigenvalue weighted by Gasteiger charge is -2.32. The highest BCUT2D eigenvalue weighted by atomic mass is 16.5. The molecule has 0 aliphatic heterocycles. The normalized spacial score (nSPS) is 16.9. The van der Waals surface area contributed by atoms with Crippen LogP contribution in [0.15, 0.2) is 12.1 Å². The van der Waals surface area contributed by atoms with Crippen LogP contribution in [0.2, 0.25) is 0 Å². The fourth-order valence-corrected chi connectivity index (χ4v) is 2.44. The molecule has 2 N–H and O–H groups in total. The first-order valence-corrected chi connectivity index (χ1v) is 6.27. The molecule has 1 atom stereocenters. The van der Waals surface area contributed by atoms with Crippen LogP contribution in [0, 0.1) is 5.92 Å². The standard InChI is InChI=1S/C14H21NO3/c1-16-11-8-7-10(12(15)9-5-4-6-9)13(17-2)14(11)18-3/h7-9,12H,4-6,15H2,1-3H3/t12-/m1/s1. The van der Waals surface area contributed by atoms with Gasteiger partial charge in [0.05, 0.1) is 21.3 Å². The lowest BCUT2D eigenvalue weighted by atomic mass is 9.77. The van der Waals surface area contributed by atoms with Gasteiger partial charge in [-0.3, -0.25) is 0 Å². The molecule has 1 aliphatic rings. The molecule has 0 aromatic heterocycles. The van der Waals surface area contributed by atoms with Crippen LogP contribution in [0.25, 0.3) is 0 Å². The first-order chi connectivity index (χ1) is 8.72. The van der Waals surface area contributed by atoms with Gasteiger partial charge in [0, 0.05) is 11.6 Å². The molecule has 2 rings (SSSR count). The number of nitrogens with two attached hydrogens (primary N) is 1. The van der Waals surface area contributed by atoms with Gasteiger partial charge in [0.1, 0.15) is 0 Å². The van der Waals surface area contributed by atoms with Crippen molar-refractivity contribution < 1.29 is 14.2 Å². The van der Waals surface area contributed by atoms with E-state index in [1.165, 1.54) is 19.3 Å². The Kier molecular flexibility index (Phi) is 3.97. The molecule has 18 heavy (non-hydrogen) atoms. The minimum atomic E-state index is 0.00788. The van der Waals surface area contributed by atoms with Crippen LogP contribution < -0.4 is 19.9 Å². The molecular formula is C14H21NO3. The Hall–Kier alpha value is -1.42. The maximum atomic E-state index is 6.32. The minimum absolute atomic E-state index is 0.00788. The van der Waals surface area contributed by atoms with E-state index in [9.17, 15) is 0 Å². The SMILES string of the molecule is COc1ccc([C@H](N)C2CCC2)c(OC)c1OC. The predicted octanol–water partition coefficient (Wildman–Crippen LogP) is 2.51. The zero-order valence-electron chi connectivity index (χ0n) is 11.2. The van der Waals surface area contributed by atoms with Gasteiger partial charge in [-0.05, 0) is 30.9 Å². The van der Waals surface area contributed by atoms with E-state index in [1.54, 1.807) is 21.3 Å². The summed E-state index contributed by atoms with van der Waals surface area (Å²) in [4.78, 5) is 0. The molecule has 1 fully saturated rings. The second-order valence-electron chi connectivity index (χ2n) is 4.64. The van der Waals surface area contributed by atoms with Crippen LogP contribution in [0.1, 0.15) is 30.9 Å². The topological polar surface area (TPSA) is 53.7 Å². The summed E-state index contributed by atoms with van der Waals surface area (Å²) in [6.45, 7) is 0. The maximum absolute atomic E-state index is 6.32. The van der Waals surface area contributed by atoms with E-state index in [0.29, 0.717) is 23.2 Å². The summed E-state index contributed by atoms with van der Waals surface area (Å²) in [5.41, 5.74) is 7.32. The fourth-order valence-electron chi connectivity index (χ4n) is 2.44. The number of methoxy groups -OCH3 is 3. The summed E-state index contributed by atoms with van der Waals surface area (Å²) in [6, 6.07) is 3.87. The summed E-state index contributed by atoms with van der Waals surface area (Å²) in [7, 11) is 4.86. The Morgan fingerprint density at radius 2 is 1.72 bits per heavy atom. The van der Waals surface area contributed by atoms with Gasteiger partial charge in [-0.1, -0.05) is 6.42 Å². The number of benzene rings is 1. The van der Waals surface area contributed by atoms with Crippen LogP contribution in [-0.4, -0.2) is 21.3 Å². The Labute approximate surface area is 108 Å². The first-order valence-electron chi connectivity index (χ1n) is 6.27. The molecule has 1 saturated carbocycles. The minimum Gasteiger partial charge on any atom is -0.493 e. The summed E-state index contributed by atoms with van der Waals surface area (Å²) in [5, 5.41) is 0. The van der Waals surface area contributed by atoms with Crippen molar-refractivity contribution in [3.8, 4) is 17.2 Å². The van der Waals surface area contributed by atoms with Gasteiger partial charge in [-0.2, -0.15) is 0 Å². The zero-order chi connectivity index (χ0) is 13.1. The quantitative estimate of drug-likeness (QED) is 0.873. The number of hydrogen-bond acceptors (Lipinski definition) is 4. The second kappa shape index (κ2) is 5.48. The zero-order valence-corrected chi connectivity index (χ0v) is 11.2. The number of rotatable bonds is 5. The molecule has 4 nitrogen and oxygen atoms in total. The molecular weight excluding hydrogens is 230 g/mol. The fraction of sp³-hybridized carbons (Fsp3) is 0.571. The Bertz CT molecular complexity index is 416. The van der Waals surface area contributed by atoms with Gasteiger partial charge in [-0.25, -0.2) is 0 Å². The van der Waals surface area contributed by atoms with Crippen LogP contribution in [-0.2, 0) is 0 Å². The average Bonchev–Trinajstić information content (AvgIpc) is 2.34. The Morgan fingerprint density at radius 3 is 2.17 bits per heavy atom. The monoisotopic (exact) mass is 251 g/mol. The van der Waals surface area contributed by atoms with Crippen molar-refractivity contribution in [1.29, 1.82) is 0 Å². The average molecular weight is 251 g/mol. The van der Waals surface area contributed by atoms with Crippen molar-refractivity contribution >= 4 is 0 Å². The van der Waals surface area contributed by atoms with E-state index in [4.69, 9.17) is 19.9 Å². The number of ether oxygens (including phenoxy) is 3. The molecule has 1 aromatic carbocycles. The van der Waals surface area contributed by atoms with Gasteiger partial charge >= 0.3 is 0 Å². The largest absolute Gasteiger partial charge is 0.493 e. The lowest BCUT2D eigenvalue weighted by Crippen LogP contribution is -2.27. The molecule has 0 unspecified atom stereocenters. The van der Waals surface area contributed by atoms with E-state index in [-0.39, 0.29) is 6.04 Å². The van der Waals surface area contributed by atoms with Crippen molar-refractivity contribution in [1.82, 2.24) is 0 Å². The molecule has 0 amide bonds. The Morgan fingerprint density at radius 1 is 1.06 bits per heavy atom. The molecule has 1 aliphatic carbocycles. The third-order valence-corrected chi connectivity index (χ3v) is 3.75. The van der Waals surface area contributed by atoms with Crippen molar-refractivity contribution in [2.24, 2.45) is 11.7 Å². The van der Waals surface area contributed by atoms with Crippen LogP contribution in [0.4, 0.5) is 0 Å². The molecule has 0 bridgehead atoms. The van der Waals surface area contributed by atoms with Crippen LogP contribution >= 0.6 is 0 Å². The lowest BCUT2D eigenvalue weighted by molar-refractivity contribution is 0.256. The third kappa shape index (κ3) is 2.12. The highest BCUT2D eigenvalue weighted by molar-refractivity contribution is 5.56. The molecule has 0 saturated heterocycles. The molecule has 0 heterocycles. The van der Waals surface area contributed by atoms with Crippen molar-refractivity contribution in [2.45, 2.75) is 25.3 Å². The van der Waals surface area contributed by atoms with E-state index >= 15 is 0 Å². The van der Waals surface area contributed by atoms with E-state index in [1.807, 2.05) is 12.1 Å². The van der Waals surface area contributed by atoms with E-state index < -0.39 is 0 Å². The van der Waals surface area contributed by atoms with Gasteiger partial charge in [0.2, 0.25) is 5.75 Å². The van der Waals surface area contributed by atoms with Gasteiger partial charge in [0.15, 0.2) is 11.5 Å². The second-order valence-corrected chi connectivity index (χ2v) is 4.64. The van der Waals surface area contributed by atoms with Gasteiger partial charge < -0.3 is 19.9 Å². The highest BCUT2D eigenvalue weighted by Gasteiger charge is 2.29. The van der Waals surface area contributed by atoms with Gasteiger partial charge in [-0.15, -0.1) is 0 Å². The number of hydrogen-bond donors (Lipinski definition) is 1. The third-order valence-electron chi connectivity index (χ3n) is 3.75. The van der Waals surface area contributed by atoms with Crippen LogP contribution in [0.3, 0.4) is 0 Å². The molecule has 100 valence electrons.